The highest BCUT2D eigenvalue weighted by molar-refractivity contribution is 5.65. The molecule has 1 aliphatic heterocycles. The predicted octanol–water partition coefficient (Wildman–Crippen LogP) is 3.06. The Morgan fingerprint density at radius 2 is 1.87 bits per heavy atom. The van der Waals surface area contributed by atoms with Crippen molar-refractivity contribution in [1.29, 1.82) is 0 Å². The first-order valence-electron chi connectivity index (χ1n) is 8.32. The fourth-order valence-electron chi connectivity index (χ4n) is 2.99. The van der Waals surface area contributed by atoms with Gasteiger partial charge in [0.25, 0.3) is 0 Å². The Morgan fingerprint density at radius 1 is 1.22 bits per heavy atom. The van der Waals surface area contributed by atoms with Gasteiger partial charge in [-0.15, -0.1) is 0 Å². The Balaban J connectivity index is 2.09. The van der Waals surface area contributed by atoms with Crippen molar-refractivity contribution in [2.45, 2.75) is 64.4 Å². The molecule has 2 N–H and O–H groups in total. The van der Waals surface area contributed by atoms with E-state index in [0.717, 1.165) is 24.1 Å². The second kappa shape index (κ2) is 7.79. The molecule has 5 nitrogen and oxygen atoms in total. The summed E-state index contributed by atoms with van der Waals surface area (Å²) < 4.78 is 17.5. The SMILES string of the molecule is CCC1(CC)O[C@@H](CCOC(C)=O)[C@H](Cc2ccccc2N)O1. The van der Waals surface area contributed by atoms with Gasteiger partial charge in [-0.05, 0) is 24.5 Å². The number of nitrogens with two attached hydrogens (primary N) is 1. The van der Waals surface area contributed by atoms with Gasteiger partial charge in [-0.3, -0.25) is 4.79 Å². The lowest BCUT2D eigenvalue weighted by Crippen LogP contribution is -2.29. The first kappa shape index (κ1) is 17.8. The van der Waals surface area contributed by atoms with Gasteiger partial charge in [-0.25, -0.2) is 0 Å². The molecule has 0 aromatic heterocycles. The fraction of sp³-hybridized carbons (Fsp3) is 0.611. The zero-order chi connectivity index (χ0) is 16.9. The number of para-hydroxylation sites is 1. The van der Waals surface area contributed by atoms with Crippen LogP contribution >= 0.6 is 0 Å². The number of carbonyl (C=O) groups excluding carboxylic acids is 1. The molecule has 128 valence electrons. The third-order valence-corrected chi connectivity index (χ3v) is 4.41. The molecule has 1 heterocycles. The standard InChI is InChI=1S/C18H27NO4/c1-4-18(5-2)22-16(10-11-21-13(3)20)17(23-18)12-14-8-6-7-9-15(14)19/h6-9,16-17H,4-5,10-12,19H2,1-3H3/t16-,17-/m0/s1. The van der Waals surface area contributed by atoms with Gasteiger partial charge < -0.3 is 19.9 Å². The number of rotatable bonds is 7. The molecule has 1 aromatic rings. The Kier molecular flexibility index (Phi) is 6.02. The molecular weight excluding hydrogens is 294 g/mol. The second-order valence-corrected chi connectivity index (χ2v) is 5.96. The quantitative estimate of drug-likeness (QED) is 0.617. The number of ether oxygens (including phenoxy) is 3. The zero-order valence-electron chi connectivity index (χ0n) is 14.2. The monoisotopic (exact) mass is 321 g/mol. The molecule has 1 saturated heterocycles. The van der Waals surface area contributed by atoms with Gasteiger partial charge in [-0.1, -0.05) is 32.0 Å². The lowest BCUT2D eigenvalue weighted by atomic mass is 10.0. The molecule has 0 unspecified atom stereocenters. The summed E-state index contributed by atoms with van der Waals surface area (Å²) in [5.74, 6) is -0.820. The van der Waals surface area contributed by atoms with E-state index in [0.29, 0.717) is 19.4 Å². The van der Waals surface area contributed by atoms with E-state index in [1.165, 1.54) is 6.92 Å². The predicted molar refractivity (Wildman–Crippen MR) is 88.9 cm³/mol. The lowest BCUT2D eigenvalue weighted by molar-refractivity contribution is -0.180. The van der Waals surface area contributed by atoms with Gasteiger partial charge in [0.2, 0.25) is 0 Å². The molecule has 0 aliphatic carbocycles. The van der Waals surface area contributed by atoms with E-state index < -0.39 is 5.79 Å². The third kappa shape index (κ3) is 4.45. The van der Waals surface area contributed by atoms with Crippen LogP contribution in [0.5, 0.6) is 0 Å². The fourth-order valence-corrected chi connectivity index (χ4v) is 2.99. The molecule has 0 spiro atoms. The number of hydrogen-bond acceptors (Lipinski definition) is 5. The summed E-state index contributed by atoms with van der Waals surface area (Å²) in [7, 11) is 0. The zero-order valence-corrected chi connectivity index (χ0v) is 14.2. The van der Waals surface area contributed by atoms with Crippen LogP contribution in [-0.2, 0) is 25.4 Å². The minimum atomic E-state index is -0.547. The van der Waals surface area contributed by atoms with Crippen LogP contribution in [-0.4, -0.2) is 30.6 Å². The van der Waals surface area contributed by atoms with Crippen molar-refractivity contribution in [2.24, 2.45) is 0 Å². The Hall–Kier alpha value is -1.59. The van der Waals surface area contributed by atoms with Gasteiger partial charge in [-0.2, -0.15) is 0 Å². The molecule has 2 atom stereocenters. The maximum Gasteiger partial charge on any atom is 0.302 e. The number of carbonyl (C=O) groups is 1. The number of anilines is 1. The van der Waals surface area contributed by atoms with Crippen molar-refractivity contribution in [3.05, 3.63) is 29.8 Å². The summed E-state index contributed by atoms with van der Waals surface area (Å²) in [6, 6.07) is 7.80. The molecule has 2 rings (SSSR count). The maximum atomic E-state index is 11.0. The van der Waals surface area contributed by atoms with E-state index in [1.807, 2.05) is 24.3 Å². The highest BCUT2D eigenvalue weighted by Gasteiger charge is 2.45. The van der Waals surface area contributed by atoms with Gasteiger partial charge in [0.05, 0.1) is 18.8 Å². The highest BCUT2D eigenvalue weighted by Crippen LogP contribution is 2.37. The van der Waals surface area contributed by atoms with Crippen molar-refractivity contribution in [2.75, 3.05) is 12.3 Å². The van der Waals surface area contributed by atoms with Crippen LogP contribution in [0.1, 0.15) is 45.6 Å². The van der Waals surface area contributed by atoms with Crippen molar-refractivity contribution in [3.63, 3.8) is 0 Å². The van der Waals surface area contributed by atoms with Crippen LogP contribution in [0.3, 0.4) is 0 Å². The van der Waals surface area contributed by atoms with Crippen LogP contribution in [0, 0.1) is 0 Å². The normalized spacial score (nSPS) is 22.9. The van der Waals surface area contributed by atoms with Crippen molar-refractivity contribution in [3.8, 4) is 0 Å². The maximum absolute atomic E-state index is 11.0. The van der Waals surface area contributed by atoms with E-state index in [-0.39, 0.29) is 18.2 Å². The van der Waals surface area contributed by atoms with E-state index in [9.17, 15) is 4.79 Å². The smallest absolute Gasteiger partial charge is 0.302 e. The van der Waals surface area contributed by atoms with Gasteiger partial charge in [0.15, 0.2) is 5.79 Å². The summed E-state index contributed by atoms with van der Waals surface area (Å²) in [4.78, 5) is 11.0. The third-order valence-electron chi connectivity index (χ3n) is 4.41. The summed E-state index contributed by atoms with van der Waals surface area (Å²) >= 11 is 0. The van der Waals surface area contributed by atoms with Crippen molar-refractivity contribution >= 4 is 11.7 Å². The summed E-state index contributed by atoms with van der Waals surface area (Å²) in [5, 5.41) is 0. The van der Waals surface area contributed by atoms with Gasteiger partial charge in [0, 0.05) is 25.5 Å². The molecule has 23 heavy (non-hydrogen) atoms. The molecule has 0 bridgehead atoms. The van der Waals surface area contributed by atoms with E-state index in [1.54, 1.807) is 0 Å². The molecule has 1 aliphatic rings. The minimum absolute atomic E-state index is 0.0878. The first-order valence-corrected chi connectivity index (χ1v) is 8.32. The molecule has 5 heteroatoms. The summed E-state index contributed by atoms with van der Waals surface area (Å²) in [6.45, 7) is 5.88. The van der Waals surface area contributed by atoms with Crippen molar-refractivity contribution in [1.82, 2.24) is 0 Å². The van der Waals surface area contributed by atoms with E-state index in [4.69, 9.17) is 19.9 Å². The molecular formula is C18H27NO4. The van der Waals surface area contributed by atoms with Crippen LogP contribution < -0.4 is 5.73 Å². The Labute approximate surface area is 138 Å². The molecule has 1 aromatic carbocycles. The highest BCUT2D eigenvalue weighted by atomic mass is 16.8. The number of benzene rings is 1. The minimum Gasteiger partial charge on any atom is -0.466 e. The molecule has 0 amide bonds. The number of nitrogen functional groups attached to an aromatic ring is 1. The number of hydrogen-bond donors (Lipinski definition) is 1. The van der Waals surface area contributed by atoms with Crippen LogP contribution in [0.25, 0.3) is 0 Å². The van der Waals surface area contributed by atoms with Crippen LogP contribution in [0.4, 0.5) is 5.69 Å². The van der Waals surface area contributed by atoms with Gasteiger partial charge >= 0.3 is 5.97 Å². The summed E-state index contributed by atoms with van der Waals surface area (Å²) in [6.07, 6.45) is 2.70. The van der Waals surface area contributed by atoms with Crippen LogP contribution in [0.15, 0.2) is 24.3 Å². The Morgan fingerprint density at radius 3 is 2.48 bits per heavy atom. The molecule has 0 radical (unpaired) electrons. The average Bonchev–Trinajstić information content (AvgIpc) is 2.88. The molecule has 0 saturated carbocycles. The molecule has 1 fully saturated rings. The lowest BCUT2D eigenvalue weighted by Gasteiger charge is -2.25. The topological polar surface area (TPSA) is 70.8 Å². The van der Waals surface area contributed by atoms with E-state index in [2.05, 4.69) is 13.8 Å². The first-order chi connectivity index (χ1) is 11.0. The largest absolute Gasteiger partial charge is 0.466 e. The number of esters is 1. The second-order valence-electron chi connectivity index (χ2n) is 5.96. The average molecular weight is 321 g/mol. The Bertz CT molecular complexity index is 528. The van der Waals surface area contributed by atoms with Crippen LogP contribution in [0.2, 0.25) is 0 Å². The van der Waals surface area contributed by atoms with E-state index >= 15 is 0 Å². The van der Waals surface area contributed by atoms with Gasteiger partial charge in [0.1, 0.15) is 0 Å². The van der Waals surface area contributed by atoms with Crippen molar-refractivity contribution < 1.29 is 19.0 Å². The summed E-state index contributed by atoms with van der Waals surface area (Å²) in [5.41, 5.74) is 7.87.